The van der Waals surface area contributed by atoms with Gasteiger partial charge in [-0.3, -0.25) is 5.32 Å². The van der Waals surface area contributed by atoms with Crippen molar-refractivity contribution in [3.05, 3.63) is 18.2 Å². The molecule has 1 aromatic carbocycles. The summed E-state index contributed by atoms with van der Waals surface area (Å²) in [6.07, 6.45) is -0.502. The van der Waals surface area contributed by atoms with E-state index in [1.165, 1.54) is 0 Å². The average Bonchev–Trinajstić information content (AvgIpc) is 2.36. The number of amides is 1. The summed E-state index contributed by atoms with van der Waals surface area (Å²) in [6.45, 7) is 9.09. The van der Waals surface area contributed by atoms with Gasteiger partial charge >= 0.3 is 6.09 Å². The molecule has 0 atom stereocenters. The molecule has 122 valence electrons. The second-order valence-corrected chi connectivity index (χ2v) is 6.65. The van der Waals surface area contributed by atoms with Crippen molar-refractivity contribution in [3.63, 3.8) is 0 Å². The van der Waals surface area contributed by atoms with E-state index < -0.39 is 11.7 Å². The zero-order valence-corrected chi connectivity index (χ0v) is 13.8. The topological polar surface area (TPSA) is 68.8 Å². The van der Waals surface area contributed by atoms with E-state index >= 15 is 0 Å². The summed E-state index contributed by atoms with van der Waals surface area (Å²) in [5.74, 6) is 1.22. The number of hydrogen-bond donors (Lipinski definition) is 2. The summed E-state index contributed by atoms with van der Waals surface area (Å²) in [5, 5.41) is 5.86. The van der Waals surface area contributed by atoms with E-state index in [0.717, 1.165) is 13.1 Å². The highest BCUT2D eigenvalue weighted by molar-refractivity contribution is 5.85. The lowest BCUT2D eigenvalue weighted by molar-refractivity contribution is 0.0324. The number of anilines is 1. The number of rotatable bonds is 4. The molecular weight excluding hydrogens is 284 g/mol. The molecule has 22 heavy (non-hydrogen) atoms. The highest BCUT2D eigenvalue weighted by atomic mass is 16.6. The molecule has 0 spiro atoms. The number of benzene rings is 1. The highest BCUT2D eigenvalue weighted by Crippen LogP contribution is 2.34. The van der Waals surface area contributed by atoms with Gasteiger partial charge in [0.2, 0.25) is 0 Å². The molecule has 1 amide bonds. The van der Waals surface area contributed by atoms with Gasteiger partial charge in [-0.25, -0.2) is 4.79 Å². The standard InChI is InChI=1S/C16H24N2O4/c1-15(2,3)22-14(19)18-11-6-7-12(13(8-11)20-5)21-16(4)9-17-10-16/h6-8,17H,9-10H2,1-5H3,(H,18,19). The van der Waals surface area contributed by atoms with Gasteiger partial charge in [0.15, 0.2) is 11.5 Å². The lowest BCUT2D eigenvalue weighted by atomic mass is 10.00. The van der Waals surface area contributed by atoms with Crippen molar-refractivity contribution in [3.8, 4) is 11.5 Å². The molecule has 1 aliphatic rings. The zero-order chi connectivity index (χ0) is 16.4. The zero-order valence-electron chi connectivity index (χ0n) is 13.8. The van der Waals surface area contributed by atoms with Crippen LogP contribution in [0.1, 0.15) is 27.7 Å². The maximum absolute atomic E-state index is 11.8. The minimum atomic E-state index is -0.539. The number of carbonyl (C=O) groups excluding carboxylic acids is 1. The van der Waals surface area contributed by atoms with Crippen molar-refractivity contribution in [2.24, 2.45) is 0 Å². The number of nitrogens with one attached hydrogen (secondary N) is 2. The van der Waals surface area contributed by atoms with E-state index in [0.29, 0.717) is 17.2 Å². The van der Waals surface area contributed by atoms with Crippen molar-refractivity contribution < 1.29 is 19.0 Å². The molecule has 1 saturated heterocycles. The first kappa shape index (κ1) is 16.4. The Morgan fingerprint density at radius 1 is 1.27 bits per heavy atom. The lowest BCUT2D eigenvalue weighted by Gasteiger charge is -2.39. The third-order valence-electron chi connectivity index (χ3n) is 3.16. The van der Waals surface area contributed by atoms with Gasteiger partial charge in [-0.15, -0.1) is 0 Å². The molecule has 2 rings (SSSR count). The van der Waals surface area contributed by atoms with Gasteiger partial charge < -0.3 is 19.5 Å². The summed E-state index contributed by atoms with van der Waals surface area (Å²) in [7, 11) is 1.57. The highest BCUT2D eigenvalue weighted by Gasteiger charge is 2.34. The van der Waals surface area contributed by atoms with Crippen LogP contribution in [-0.2, 0) is 4.74 Å². The van der Waals surface area contributed by atoms with Crippen LogP contribution in [0.25, 0.3) is 0 Å². The van der Waals surface area contributed by atoms with Gasteiger partial charge in [0.25, 0.3) is 0 Å². The third kappa shape index (κ3) is 4.27. The molecule has 0 aromatic heterocycles. The van der Waals surface area contributed by atoms with Crippen molar-refractivity contribution >= 4 is 11.8 Å². The fourth-order valence-corrected chi connectivity index (χ4v) is 2.07. The predicted octanol–water partition coefficient (Wildman–Crippen LogP) is 2.78. The average molecular weight is 308 g/mol. The first-order chi connectivity index (χ1) is 10.2. The summed E-state index contributed by atoms with van der Waals surface area (Å²) < 4.78 is 16.5. The molecule has 1 aromatic rings. The van der Waals surface area contributed by atoms with Gasteiger partial charge in [-0.1, -0.05) is 0 Å². The van der Waals surface area contributed by atoms with E-state index in [1.54, 1.807) is 25.3 Å². The molecule has 6 nitrogen and oxygen atoms in total. The molecule has 2 N–H and O–H groups in total. The SMILES string of the molecule is COc1cc(NC(=O)OC(C)(C)C)ccc1OC1(C)CNC1. The largest absolute Gasteiger partial charge is 0.493 e. The molecule has 0 unspecified atom stereocenters. The number of ether oxygens (including phenoxy) is 3. The number of hydrogen-bond acceptors (Lipinski definition) is 5. The fourth-order valence-electron chi connectivity index (χ4n) is 2.07. The molecule has 1 fully saturated rings. The van der Waals surface area contributed by atoms with Gasteiger partial charge in [0.1, 0.15) is 11.2 Å². The van der Waals surface area contributed by atoms with E-state index in [1.807, 2.05) is 27.7 Å². The van der Waals surface area contributed by atoms with Crippen molar-refractivity contribution in [1.82, 2.24) is 5.32 Å². The van der Waals surface area contributed by atoms with E-state index in [9.17, 15) is 4.79 Å². The summed E-state index contributed by atoms with van der Waals surface area (Å²) in [4.78, 5) is 11.8. The van der Waals surface area contributed by atoms with Crippen LogP contribution in [0.3, 0.4) is 0 Å². The Morgan fingerprint density at radius 2 is 1.95 bits per heavy atom. The summed E-state index contributed by atoms with van der Waals surface area (Å²) in [6, 6.07) is 5.26. The van der Waals surface area contributed by atoms with Crippen molar-refractivity contribution in [2.75, 3.05) is 25.5 Å². The minimum Gasteiger partial charge on any atom is -0.493 e. The normalized spacial score (nSPS) is 16.4. The lowest BCUT2D eigenvalue weighted by Crippen LogP contribution is -2.61. The summed E-state index contributed by atoms with van der Waals surface area (Å²) in [5.41, 5.74) is -0.161. The summed E-state index contributed by atoms with van der Waals surface area (Å²) >= 11 is 0. The van der Waals surface area contributed by atoms with Crippen LogP contribution in [-0.4, -0.2) is 37.5 Å². The number of methoxy groups -OCH3 is 1. The van der Waals surface area contributed by atoms with Crippen molar-refractivity contribution in [1.29, 1.82) is 0 Å². The van der Waals surface area contributed by atoms with Gasteiger partial charge in [-0.05, 0) is 39.8 Å². The Bertz CT molecular complexity index is 548. The van der Waals surface area contributed by atoms with E-state index in [2.05, 4.69) is 10.6 Å². The van der Waals surface area contributed by atoms with Crippen LogP contribution < -0.4 is 20.1 Å². The molecule has 0 radical (unpaired) electrons. The third-order valence-corrected chi connectivity index (χ3v) is 3.16. The molecule has 6 heteroatoms. The smallest absolute Gasteiger partial charge is 0.412 e. The van der Waals surface area contributed by atoms with Crippen LogP contribution in [0.4, 0.5) is 10.5 Å². The second kappa shape index (κ2) is 6.04. The Hall–Kier alpha value is -1.95. The van der Waals surface area contributed by atoms with Crippen LogP contribution in [0.15, 0.2) is 18.2 Å². The van der Waals surface area contributed by atoms with E-state index in [-0.39, 0.29) is 5.60 Å². The monoisotopic (exact) mass is 308 g/mol. The minimum absolute atomic E-state index is 0.215. The fraction of sp³-hybridized carbons (Fsp3) is 0.562. The van der Waals surface area contributed by atoms with Gasteiger partial charge in [-0.2, -0.15) is 0 Å². The molecule has 1 aliphatic heterocycles. The van der Waals surface area contributed by atoms with Crippen molar-refractivity contribution in [2.45, 2.75) is 38.9 Å². The Morgan fingerprint density at radius 3 is 2.45 bits per heavy atom. The number of carbonyl (C=O) groups is 1. The molecule has 0 saturated carbocycles. The maximum Gasteiger partial charge on any atom is 0.412 e. The molecule has 0 bridgehead atoms. The van der Waals surface area contributed by atoms with Gasteiger partial charge in [0.05, 0.1) is 7.11 Å². The second-order valence-electron chi connectivity index (χ2n) is 6.65. The Kier molecular flexibility index (Phi) is 4.51. The molecular formula is C16H24N2O4. The van der Waals surface area contributed by atoms with Crippen LogP contribution in [0.2, 0.25) is 0 Å². The maximum atomic E-state index is 11.8. The first-order valence-corrected chi connectivity index (χ1v) is 7.29. The first-order valence-electron chi connectivity index (χ1n) is 7.29. The van der Waals surface area contributed by atoms with Crippen LogP contribution >= 0.6 is 0 Å². The Labute approximate surface area is 131 Å². The predicted molar refractivity (Wildman–Crippen MR) is 84.8 cm³/mol. The quantitative estimate of drug-likeness (QED) is 0.895. The Balaban J connectivity index is 2.06. The van der Waals surface area contributed by atoms with E-state index in [4.69, 9.17) is 14.2 Å². The molecule has 0 aliphatic carbocycles. The van der Waals surface area contributed by atoms with Crippen LogP contribution in [0.5, 0.6) is 11.5 Å². The van der Waals surface area contributed by atoms with Crippen LogP contribution in [0, 0.1) is 0 Å². The molecule has 1 heterocycles. The van der Waals surface area contributed by atoms with Gasteiger partial charge in [0, 0.05) is 24.8 Å².